The summed E-state index contributed by atoms with van der Waals surface area (Å²) in [5.41, 5.74) is 9.15. The lowest BCUT2D eigenvalue weighted by Gasteiger charge is -2.35. The number of furan rings is 1. The normalized spacial score (nSPS) is 13.9. The number of rotatable bonds is 6. The molecule has 1 aliphatic rings. The zero-order valence-electron chi connectivity index (χ0n) is 19.8. The maximum atomic E-state index is 11.7. The second-order valence-corrected chi connectivity index (χ2v) is 8.44. The van der Waals surface area contributed by atoms with Crippen molar-refractivity contribution in [1.29, 1.82) is 0 Å². The molecule has 182 valence electrons. The van der Waals surface area contributed by atoms with E-state index in [2.05, 4.69) is 49.1 Å². The fourth-order valence-corrected chi connectivity index (χ4v) is 4.17. The molecule has 0 spiro atoms. The smallest absolute Gasteiger partial charge is 0.409 e. The Morgan fingerprint density at radius 2 is 1.91 bits per heavy atom. The van der Waals surface area contributed by atoms with E-state index in [0.717, 1.165) is 37.6 Å². The van der Waals surface area contributed by atoms with Gasteiger partial charge in [0.05, 0.1) is 13.4 Å². The summed E-state index contributed by atoms with van der Waals surface area (Å²) in [4.78, 5) is 26.8. The first-order valence-corrected chi connectivity index (χ1v) is 11.5. The van der Waals surface area contributed by atoms with Gasteiger partial charge in [-0.1, -0.05) is 12.1 Å². The van der Waals surface area contributed by atoms with Gasteiger partial charge < -0.3 is 29.6 Å². The number of likely N-dealkylation sites (N-methyl/N-ethyl adjacent to an activating group) is 1. The third-order valence-electron chi connectivity index (χ3n) is 6.22. The molecular weight excluding hydrogens is 448 g/mol. The van der Waals surface area contributed by atoms with Crippen molar-refractivity contribution in [2.24, 2.45) is 0 Å². The number of methoxy groups -OCH3 is 1. The first-order chi connectivity index (χ1) is 17.0. The highest BCUT2D eigenvalue weighted by Crippen LogP contribution is 2.22. The molecule has 0 radical (unpaired) electrons. The summed E-state index contributed by atoms with van der Waals surface area (Å²) in [7, 11) is 3.40. The number of piperazine rings is 1. The zero-order valence-corrected chi connectivity index (χ0v) is 19.8. The van der Waals surface area contributed by atoms with Crippen LogP contribution in [0.2, 0.25) is 0 Å². The molecule has 1 amide bonds. The van der Waals surface area contributed by atoms with Gasteiger partial charge in [0.2, 0.25) is 11.8 Å². The molecule has 4 heterocycles. The minimum Gasteiger partial charge on any atom is -0.461 e. The number of nitrogen functional groups attached to an aromatic ring is 1. The molecule has 4 aromatic rings. The van der Waals surface area contributed by atoms with Crippen molar-refractivity contribution in [3.8, 4) is 11.6 Å². The molecule has 0 saturated carbocycles. The van der Waals surface area contributed by atoms with Crippen LogP contribution in [-0.2, 0) is 11.2 Å². The number of amides is 1. The number of carbonyl (C=O) groups excluding carboxylic acids is 1. The van der Waals surface area contributed by atoms with Gasteiger partial charge in [-0.05, 0) is 36.2 Å². The van der Waals surface area contributed by atoms with Crippen LogP contribution in [0, 0.1) is 0 Å². The first kappa shape index (κ1) is 22.5. The van der Waals surface area contributed by atoms with Crippen molar-refractivity contribution in [2.45, 2.75) is 6.42 Å². The number of hydrogen-bond acceptors (Lipinski definition) is 9. The van der Waals surface area contributed by atoms with E-state index in [1.54, 1.807) is 23.3 Å². The Morgan fingerprint density at radius 1 is 1.14 bits per heavy atom. The number of anilines is 3. The van der Waals surface area contributed by atoms with Crippen LogP contribution in [-0.4, -0.2) is 77.5 Å². The predicted molar refractivity (Wildman–Crippen MR) is 133 cm³/mol. The molecule has 0 bridgehead atoms. The molecule has 1 fully saturated rings. The monoisotopic (exact) mass is 476 g/mol. The average Bonchev–Trinajstić information content (AvgIpc) is 3.58. The molecule has 0 aliphatic carbocycles. The van der Waals surface area contributed by atoms with Gasteiger partial charge >= 0.3 is 6.09 Å². The molecule has 5 rings (SSSR count). The SMILES string of the molecule is COC(=O)N1CCN(c2ccc(CCN(C)c3cc4nc(-c5ccco5)nn4c(N)n3)cc2)CC1. The summed E-state index contributed by atoms with van der Waals surface area (Å²) < 4.78 is 11.7. The summed E-state index contributed by atoms with van der Waals surface area (Å²) in [5, 5.41) is 4.39. The highest BCUT2D eigenvalue weighted by Gasteiger charge is 2.21. The van der Waals surface area contributed by atoms with Gasteiger partial charge in [0.1, 0.15) is 5.82 Å². The highest BCUT2D eigenvalue weighted by molar-refractivity contribution is 5.68. The Bertz CT molecular complexity index is 1290. The second-order valence-electron chi connectivity index (χ2n) is 8.44. The summed E-state index contributed by atoms with van der Waals surface area (Å²) in [6, 6.07) is 14.0. The summed E-state index contributed by atoms with van der Waals surface area (Å²) in [6.45, 7) is 3.66. The van der Waals surface area contributed by atoms with Crippen molar-refractivity contribution in [3.05, 3.63) is 54.3 Å². The maximum Gasteiger partial charge on any atom is 0.409 e. The molecule has 0 atom stereocenters. The third kappa shape index (κ3) is 4.70. The van der Waals surface area contributed by atoms with E-state index >= 15 is 0 Å². The molecular formula is C24H28N8O3. The summed E-state index contributed by atoms with van der Waals surface area (Å²) in [6.07, 6.45) is 2.17. The van der Waals surface area contributed by atoms with Crippen LogP contribution in [0.5, 0.6) is 0 Å². The maximum absolute atomic E-state index is 11.7. The number of nitrogens with zero attached hydrogens (tertiary/aromatic N) is 7. The lowest BCUT2D eigenvalue weighted by Crippen LogP contribution is -2.48. The van der Waals surface area contributed by atoms with Gasteiger partial charge in [-0.2, -0.15) is 9.50 Å². The number of nitrogens with two attached hydrogens (primary N) is 1. The Labute approximate surface area is 202 Å². The van der Waals surface area contributed by atoms with Crippen LogP contribution in [0.15, 0.2) is 53.1 Å². The van der Waals surface area contributed by atoms with E-state index in [9.17, 15) is 4.79 Å². The Hall–Kier alpha value is -4.28. The number of fused-ring (bicyclic) bond motifs is 1. The summed E-state index contributed by atoms with van der Waals surface area (Å²) in [5.74, 6) is 2.05. The minimum absolute atomic E-state index is 0.263. The molecule has 1 aromatic carbocycles. The Kier molecular flexibility index (Phi) is 6.13. The predicted octanol–water partition coefficient (Wildman–Crippen LogP) is 2.53. The van der Waals surface area contributed by atoms with E-state index in [1.807, 2.05) is 13.1 Å². The number of hydrogen-bond donors (Lipinski definition) is 1. The molecule has 0 unspecified atom stereocenters. The van der Waals surface area contributed by atoms with Crippen molar-refractivity contribution < 1.29 is 13.9 Å². The molecule has 11 nitrogen and oxygen atoms in total. The van der Waals surface area contributed by atoms with E-state index < -0.39 is 0 Å². The van der Waals surface area contributed by atoms with E-state index in [4.69, 9.17) is 14.9 Å². The fourth-order valence-electron chi connectivity index (χ4n) is 4.17. The largest absolute Gasteiger partial charge is 0.461 e. The van der Waals surface area contributed by atoms with Crippen LogP contribution < -0.4 is 15.5 Å². The lowest BCUT2D eigenvalue weighted by atomic mass is 10.1. The quantitative estimate of drug-likeness (QED) is 0.448. The number of benzene rings is 1. The fraction of sp³-hybridized carbons (Fsp3) is 0.333. The van der Waals surface area contributed by atoms with Crippen molar-refractivity contribution in [2.75, 3.05) is 62.4 Å². The molecule has 1 aliphatic heterocycles. The Balaban J connectivity index is 1.20. The second kappa shape index (κ2) is 9.53. The van der Waals surface area contributed by atoms with Gasteiger partial charge in [-0.25, -0.2) is 9.78 Å². The van der Waals surface area contributed by atoms with Gasteiger partial charge in [-0.15, -0.1) is 5.10 Å². The topological polar surface area (TPSA) is 118 Å². The highest BCUT2D eigenvalue weighted by atomic mass is 16.5. The molecule has 35 heavy (non-hydrogen) atoms. The standard InChI is InChI=1S/C24H28N8O3/c1-29(20-16-21-26-22(19-4-3-15-35-19)28-32(21)23(25)27-20)10-9-17-5-7-18(8-6-17)30-11-13-31(14-12-30)24(33)34-2/h3-8,15-16H,9-14H2,1-2H3,(H2,25,27). The van der Waals surface area contributed by atoms with Crippen LogP contribution in [0.3, 0.4) is 0 Å². The third-order valence-corrected chi connectivity index (χ3v) is 6.22. The van der Waals surface area contributed by atoms with Crippen LogP contribution in [0.1, 0.15) is 5.56 Å². The van der Waals surface area contributed by atoms with Crippen LogP contribution in [0.4, 0.5) is 22.2 Å². The molecule has 3 aromatic heterocycles. The van der Waals surface area contributed by atoms with Gasteiger partial charge in [0.25, 0.3) is 0 Å². The van der Waals surface area contributed by atoms with Crippen molar-refractivity contribution in [1.82, 2.24) is 24.5 Å². The van der Waals surface area contributed by atoms with E-state index in [-0.39, 0.29) is 12.0 Å². The van der Waals surface area contributed by atoms with Crippen LogP contribution >= 0.6 is 0 Å². The minimum atomic E-state index is -0.263. The van der Waals surface area contributed by atoms with Crippen LogP contribution in [0.25, 0.3) is 17.2 Å². The van der Waals surface area contributed by atoms with Gasteiger partial charge in [-0.3, -0.25) is 0 Å². The Morgan fingerprint density at radius 3 is 2.60 bits per heavy atom. The van der Waals surface area contributed by atoms with Crippen molar-refractivity contribution >= 4 is 29.2 Å². The first-order valence-electron chi connectivity index (χ1n) is 11.5. The number of aromatic nitrogens is 4. The molecule has 2 N–H and O–H groups in total. The average molecular weight is 477 g/mol. The van der Waals surface area contributed by atoms with E-state index in [1.165, 1.54) is 17.2 Å². The van der Waals surface area contributed by atoms with E-state index in [0.29, 0.717) is 30.3 Å². The molecule has 11 heteroatoms. The number of carbonyl (C=O) groups is 1. The lowest BCUT2D eigenvalue weighted by molar-refractivity contribution is 0.121. The summed E-state index contributed by atoms with van der Waals surface area (Å²) >= 11 is 0. The van der Waals surface area contributed by atoms with Gasteiger partial charge in [0.15, 0.2) is 11.4 Å². The zero-order chi connectivity index (χ0) is 24.4. The van der Waals surface area contributed by atoms with Crippen molar-refractivity contribution in [3.63, 3.8) is 0 Å². The number of ether oxygens (including phenoxy) is 1. The van der Waals surface area contributed by atoms with Gasteiger partial charge in [0, 0.05) is 51.5 Å². The molecule has 1 saturated heterocycles.